The third-order valence-electron chi connectivity index (χ3n) is 4.02. The summed E-state index contributed by atoms with van der Waals surface area (Å²) in [6.07, 6.45) is 2.15. The van der Waals surface area contributed by atoms with Crippen molar-refractivity contribution in [3.63, 3.8) is 0 Å². The molecule has 0 radical (unpaired) electrons. The van der Waals surface area contributed by atoms with Crippen molar-refractivity contribution in [2.75, 3.05) is 6.54 Å². The molecule has 0 spiro atoms. The van der Waals surface area contributed by atoms with E-state index in [1.165, 1.54) is 11.3 Å². The van der Waals surface area contributed by atoms with Crippen molar-refractivity contribution >= 4 is 0 Å². The van der Waals surface area contributed by atoms with Gasteiger partial charge in [0.05, 0.1) is 5.69 Å². The molecule has 0 bridgehead atoms. The maximum absolute atomic E-state index is 4.63. The first kappa shape index (κ1) is 17.2. The Kier molecular flexibility index (Phi) is 5.81. The maximum Gasteiger partial charge on any atom is 0.0722 e. The molecule has 0 aliphatic rings. The fourth-order valence-electron chi connectivity index (χ4n) is 2.91. The number of hydrogen-bond acceptors (Lipinski definition) is 2. The predicted molar refractivity (Wildman–Crippen MR) is 86.8 cm³/mol. The Bertz CT molecular complexity index is 402. The average molecular weight is 279 g/mol. The lowest BCUT2D eigenvalue weighted by atomic mass is 9.85. The fraction of sp³-hybridized carbons (Fsp3) is 0.824. The molecule has 1 aromatic rings. The van der Waals surface area contributed by atoms with Crippen LogP contribution in [0.2, 0.25) is 0 Å². The van der Waals surface area contributed by atoms with Gasteiger partial charge in [0, 0.05) is 30.8 Å². The minimum Gasteiger partial charge on any atom is -0.312 e. The molecule has 0 amide bonds. The largest absolute Gasteiger partial charge is 0.312 e. The summed E-state index contributed by atoms with van der Waals surface area (Å²) in [5.74, 6) is 2.17. The van der Waals surface area contributed by atoms with Gasteiger partial charge in [0.1, 0.15) is 0 Å². The van der Waals surface area contributed by atoms with Crippen LogP contribution in [-0.2, 0) is 19.0 Å². The highest BCUT2D eigenvalue weighted by Crippen LogP contribution is 2.24. The molecule has 0 unspecified atom stereocenters. The molecular weight excluding hydrogens is 246 g/mol. The summed E-state index contributed by atoms with van der Waals surface area (Å²) in [5, 5.41) is 8.26. The van der Waals surface area contributed by atoms with Crippen LogP contribution < -0.4 is 5.32 Å². The normalized spacial score (nSPS) is 12.9. The second-order valence-electron chi connectivity index (χ2n) is 7.71. The summed E-state index contributed by atoms with van der Waals surface area (Å²) in [6.45, 7) is 17.9. The first-order valence-electron chi connectivity index (χ1n) is 7.86. The topological polar surface area (TPSA) is 29.9 Å². The summed E-state index contributed by atoms with van der Waals surface area (Å²) in [5.41, 5.74) is 2.64. The Morgan fingerprint density at radius 3 is 2.15 bits per heavy atom. The number of nitrogens with zero attached hydrogens (tertiary/aromatic N) is 2. The smallest absolute Gasteiger partial charge is 0.0722 e. The summed E-state index contributed by atoms with van der Waals surface area (Å²) in [4.78, 5) is 0. The molecule has 1 heterocycles. The van der Waals surface area contributed by atoms with Crippen LogP contribution in [0.3, 0.4) is 0 Å². The van der Waals surface area contributed by atoms with Gasteiger partial charge in [-0.15, -0.1) is 0 Å². The quantitative estimate of drug-likeness (QED) is 0.860. The first-order valence-corrected chi connectivity index (χ1v) is 7.86. The molecule has 20 heavy (non-hydrogen) atoms. The van der Waals surface area contributed by atoms with Crippen LogP contribution >= 0.6 is 0 Å². The van der Waals surface area contributed by atoms with Crippen LogP contribution in [-0.4, -0.2) is 16.3 Å². The minimum atomic E-state index is 0.105. The van der Waals surface area contributed by atoms with Gasteiger partial charge in [-0.1, -0.05) is 48.5 Å². The summed E-state index contributed by atoms with van der Waals surface area (Å²) in [7, 11) is 2.00. The summed E-state index contributed by atoms with van der Waals surface area (Å²) >= 11 is 0. The SMILES string of the molecule is CC(C)C(CNCc1cn(C)nc1C(C)(C)C)C(C)C. The van der Waals surface area contributed by atoms with Gasteiger partial charge in [0.2, 0.25) is 0 Å². The second-order valence-corrected chi connectivity index (χ2v) is 7.71. The van der Waals surface area contributed by atoms with E-state index >= 15 is 0 Å². The molecule has 0 aliphatic heterocycles. The fourth-order valence-corrected chi connectivity index (χ4v) is 2.91. The van der Waals surface area contributed by atoms with E-state index in [0.717, 1.165) is 30.8 Å². The van der Waals surface area contributed by atoms with Crippen molar-refractivity contribution in [1.29, 1.82) is 0 Å². The van der Waals surface area contributed by atoms with Crippen molar-refractivity contribution < 1.29 is 0 Å². The Morgan fingerprint density at radius 1 is 1.15 bits per heavy atom. The van der Waals surface area contributed by atoms with Gasteiger partial charge in [-0.3, -0.25) is 4.68 Å². The molecule has 0 aromatic carbocycles. The maximum atomic E-state index is 4.63. The standard InChI is InChI=1S/C17H33N3/c1-12(2)15(13(3)4)10-18-9-14-11-20(8)19-16(14)17(5,6)7/h11-13,15,18H,9-10H2,1-8H3. The molecule has 1 N–H and O–H groups in total. The minimum absolute atomic E-state index is 0.105. The van der Waals surface area contributed by atoms with E-state index in [0.29, 0.717) is 0 Å². The Hall–Kier alpha value is -0.830. The highest BCUT2D eigenvalue weighted by molar-refractivity contribution is 5.23. The lowest BCUT2D eigenvalue weighted by Crippen LogP contribution is -2.30. The molecule has 0 atom stereocenters. The number of aryl methyl sites for hydroxylation is 1. The van der Waals surface area contributed by atoms with Crippen molar-refractivity contribution in [2.24, 2.45) is 24.8 Å². The summed E-state index contributed by atoms with van der Waals surface area (Å²) < 4.78 is 1.93. The van der Waals surface area contributed by atoms with Gasteiger partial charge < -0.3 is 5.32 Å². The lowest BCUT2D eigenvalue weighted by Gasteiger charge is -2.25. The number of rotatable bonds is 6. The van der Waals surface area contributed by atoms with E-state index in [1.807, 2.05) is 11.7 Å². The van der Waals surface area contributed by atoms with Crippen LogP contribution in [0.5, 0.6) is 0 Å². The number of aromatic nitrogens is 2. The molecule has 1 rings (SSSR count). The van der Waals surface area contributed by atoms with Crippen LogP contribution in [0.1, 0.15) is 59.7 Å². The molecule has 116 valence electrons. The Labute approximate surface area is 125 Å². The predicted octanol–water partition coefficient (Wildman–Crippen LogP) is 3.74. The zero-order valence-electron chi connectivity index (χ0n) is 14.6. The van der Waals surface area contributed by atoms with Gasteiger partial charge in [-0.05, 0) is 24.3 Å². The van der Waals surface area contributed by atoms with Gasteiger partial charge >= 0.3 is 0 Å². The molecule has 1 aromatic heterocycles. The van der Waals surface area contributed by atoms with Gasteiger partial charge in [-0.25, -0.2) is 0 Å². The van der Waals surface area contributed by atoms with E-state index in [4.69, 9.17) is 0 Å². The molecular formula is C17H33N3. The van der Waals surface area contributed by atoms with Gasteiger partial charge in [0.25, 0.3) is 0 Å². The zero-order valence-corrected chi connectivity index (χ0v) is 14.6. The molecule has 3 heteroatoms. The van der Waals surface area contributed by atoms with Crippen LogP contribution in [0.15, 0.2) is 6.20 Å². The van der Waals surface area contributed by atoms with E-state index in [9.17, 15) is 0 Å². The highest BCUT2D eigenvalue weighted by atomic mass is 15.3. The lowest BCUT2D eigenvalue weighted by molar-refractivity contribution is 0.275. The third kappa shape index (κ3) is 4.62. The third-order valence-corrected chi connectivity index (χ3v) is 4.02. The first-order chi connectivity index (χ1) is 9.12. The van der Waals surface area contributed by atoms with Gasteiger partial charge in [0.15, 0.2) is 0 Å². The van der Waals surface area contributed by atoms with E-state index in [2.05, 4.69) is 65.1 Å². The van der Waals surface area contributed by atoms with E-state index < -0.39 is 0 Å². The van der Waals surface area contributed by atoms with Gasteiger partial charge in [-0.2, -0.15) is 5.10 Å². The van der Waals surface area contributed by atoms with Crippen LogP contribution in [0, 0.1) is 17.8 Å². The molecule has 0 fully saturated rings. The van der Waals surface area contributed by atoms with Crippen LogP contribution in [0.25, 0.3) is 0 Å². The molecule has 3 nitrogen and oxygen atoms in total. The molecule has 0 saturated heterocycles. The average Bonchev–Trinajstić information content (AvgIpc) is 2.64. The van der Waals surface area contributed by atoms with E-state index in [-0.39, 0.29) is 5.41 Å². The number of nitrogens with one attached hydrogen (secondary N) is 1. The van der Waals surface area contributed by atoms with Crippen molar-refractivity contribution in [1.82, 2.24) is 15.1 Å². The molecule has 0 aliphatic carbocycles. The zero-order chi connectivity index (χ0) is 15.5. The Morgan fingerprint density at radius 2 is 1.70 bits per heavy atom. The Balaban J connectivity index is 2.67. The van der Waals surface area contributed by atoms with Crippen molar-refractivity contribution in [2.45, 2.75) is 60.4 Å². The number of hydrogen-bond donors (Lipinski definition) is 1. The second kappa shape index (κ2) is 6.75. The van der Waals surface area contributed by atoms with E-state index in [1.54, 1.807) is 0 Å². The summed E-state index contributed by atoms with van der Waals surface area (Å²) in [6, 6.07) is 0. The molecule has 0 saturated carbocycles. The van der Waals surface area contributed by atoms with Crippen molar-refractivity contribution in [3.05, 3.63) is 17.5 Å². The monoisotopic (exact) mass is 279 g/mol. The highest BCUT2D eigenvalue weighted by Gasteiger charge is 2.22. The van der Waals surface area contributed by atoms with Crippen molar-refractivity contribution in [3.8, 4) is 0 Å². The van der Waals surface area contributed by atoms with Crippen LogP contribution in [0.4, 0.5) is 0 Å².